The number of esters is 1. The molecule has 4 rings (SSSR count). The minimum atomic E-state index is -0.625. The van der Waals surface area contributed by atoms with E-state index in [1.165, 1.54) is 25.3 Å². The van der Waals surface area contributed by atoms with Crippen LogP contribution >= 0.6 is 23.4 Å². The highest BCUT2D eigenvalue weighted by atomic mass is 35.5. The first kappa shape index (κ1) is 24.8. The fourth-order valence-electron chi connectivity index (χ4n) is 3.80. The molecule has 0 aliphatic carbocycles. The van der Waals surface area contributed by atoms with Crippen molar-refractivity contribution in [2.24, 2.45) is 0 Å². The van der Waals surface area contributed by atoms with Crippen LogP contribution in [0.5, 0.6) is 11.5 Å². The van der Waals surface area contributed by atoms with Crippen LogP contribution in [0.1, 0.15) is 35.2 Å². The molecule has 2 aromatic carbocycles. The zero-order valence-corrected chi connectivity index (χ0v) is 20.6. The van der Waals surface area contributed by atoms with Crippen molar-refractivity contribution in [3.05, 3.63) is 63.5 Å². The lowest BCUT2D eigenvalue weighted by Gasteiger charge is -2.27. The SMILES string of the molecule is COc1ccc(/C=C2\SC(=O)N(CC(=O)N3CCCCC3)C2=O)cc1OC(=O)c1cccc(Cl)c1. The van der Waals surface area contributed by atoms with Gasteiger partial charge >= 0.3 is 5.97 Å². The summed E-state index contributed by atoms with van der Waals surface area (Å²) < 4.78 is 10.8. The number of imide groups is 1. The van der Waals surface area contributed by atoms with E-state index in [-0.39, 0.29) is 28.7 Å². The van der Waals surface area contributed by atoms with Gasteiger partial charge in [0.05, 0.1) is 17.6 Å². The molecule has 2 aliphatic heterocycles. The van der Waals surface area contributed by atoms with Gasteiger partial charge < -0.3 is 14.4 Å². The average molecular weight is 515 g/mol. The third-order valence-electron chi connectivity index (χ3n) is 5.62. The molecule has 3 amide bonds. The number of hydrogen-bond acceptors (Lipinski definition) is 7. The van der Waals surface area contributed by atoms with E-state index in [2.05, 4.69) is 0 Å². The lowest BCUT2D eigenvalue weighted by molar-refractivity contribution is -0.136. The fraction of sp³-hybridized carbons (Fsp3) is 0.280. The van der Waals surface area contributed by atoms with Crippen molar-refractivity contribution < 1.29 is 28.7 Å². The van der Waals surface area contributed by atoms with Gasteiger partial charge in [-0.25, -0.2) is 4.79 Å². The molecule has 0 N–H and O–H groups in total. The second kappa shape index (κ2) is 11.0. The van der Waals surface area contributed by atoms with Crippen LogP contribution in [0.3, 0.4) is 0 Å². The quantitative estimate of drug-likeness (QED) is 0.315. The summed E-state index contributed by atoms with van der Waals surface area (Å²) >= 11 is 6.72. The molecule has 0 saturated carbocycles. The van der Waals surface area contributed by atoms with Crippen LogP contribution in [-0.2, 0) is 9.59 Å². The van der Waals surface area contributed by atoms with Gasteiger partial charge in [-0.15, -0.1) is 0 Å². The number of thioether (sulfide) groups is 1. The lowest BCUT2D eigenvalue weighted by Crippen LogP contribution is -2.44. The summed E-state index contributed by atoms with van der Waals surface area (Å²) in [6.07, 6.45) is 4.45. The molecule has 0 aromatic heterocycles. The van der Waals surface area contributed by atoms with Gasteiger partial charge in [0.1, 0.15) is 6.54 Å². The molecule has 182 valence electrons. The molecule has 0 spiro atoms. The van der Waals surface area contributed by atoms with Gasteiger partial charge in [0.15, 0.2) is 11.5 Å². The number of hydrogen-bond donors (Lipinski definition) is 0. The van der Waals surface area contributed by atoms with Crippen molar-refractivity contribution in [2.75, 3.05) is 26.7 Å². The second-order valence-corrected chi connectivity index (χ2v) is 9.45. The molecule has 10 heteroatoms. The van der Waals surface area contributed by atoms with Crippen molar-refractivity contribution in [1.29, 1.82) is 0 Å². The largest absolute Gasteiger partial charge is 0.493 e. The van der Waals surface area contributed by atoms with Gasteiger partial charge in [-0.3, -0.25) is 19.3 Å². The molecule has 0 radical (unpaired) electrons. The van der Waals surface area contributed by atoms with Crippen LogP contribution in [0.25, 0.3) is 6.08 Å². The average Bonchev–Trinajstić information content (AvgIpc) is 3.12. The highest BCUT2D eigenvalue weighted by Gasteiger charge is 2.37. The predicted molar refractivity (Wildman–Crippen MR) is 133 cm³/mol. The molecule has 2 aromatic rings. The van der Waals surface area contributed by atoms with E-state index in [9.17, 15) is 19.2 Å². The van der Waals surface area contributed by atoms with Gasteiger partial charge in [-0.1, -0.05) is 23.7 Å². The van der Waals surface area contributed by atoms with Crippen LogP contribution in [0.15, 0.2) is 47.4 Å². The normalized spacial score (nSPS) is 17.1. The standard InChI is InChI=1S/C25H23ClN2O6S/c1-33-19-9-8-16(12-20(19)34-24(31)17-6-5-7-18(26)14-17)13-21-23(30)28(25(32)35-21)15-22(29)27-10-3-2-4-11-27/h5-9,12-14H,2-4,10-11,15H2,1H3/b21-13-. The molecule has 0 atom stereocenters. The van der Waals surface area contributed by atoms with Gasteiger partial charge in [0, 0.05) is 18.1 Å². The minimum absolute atomic E-state index is 0.144. The van der Waals surface area contributed by atoms with E-state index < -0.39 is 17.1 Å². The molecular weight excluding hydrogens is 492 g/mol. The highest BCUT2D eigenvalue weighted by molar-refractivity contribution is 8.18. The van der Waals surface area contributed by atoms with Gasteiger partial charge in [0.25, 0.3) is 11.1 Å². The Morgan fingerprint density at radius 2 is 1.83 bits per heavy atom. The van der Waals surface area contributed by atoms with Crippen LogP contribution in [0, 0.1) is 0 Å². The van der Waals surface area contributed by atoms with E-state index in [4.69, 9.17) is 21.1 Å². The number of amides is 3. The number of benzene rings is 2. The lowest BCUT2D eigenvalue weighted by atomic mass is 10.1. The predicted octanol–water partition coefficient (Wildman–Crippen LogP) is 4.62. The molecule has 2 aliphatic rings. The van der Waals surface area contributed by atoms with Gasteiger partial charge in [-0.2, -0.15) is 0 Å². The van der Waals surface area contributed by atoms with Crippen LogP contribution < -0.4 is 9.47 Å². The smallest absolute Gasteiger partial charge is 0.343 e. The maximum absolute atomic E-state index is 12.9. The van der Waals surface area contributed by atoms with Crippen LogP contribution in [-0.4, -0.2) is 59.6 Å². The Balaban J connectivity index is 1.50. The summed E-state index contributed by atoms with van der Waals surface area (Å²) in [5.41, 5.74) is 0.789. The molecule has 0 bridgehead atoms. The second-order valence-electron chi connectivity index (χ2n) is 8.02. The first-order valence-corrected chi connectivity index (χ1v) is 12.2. The van der Waals surface area contributed by atoms with E-state index in [1.54, 1.807) is 35.2 Å². The Kier molecular flexibility index (Phi) is 7.77. The summed E-state index contributed by atoms with van der Waals surface area (Å²) in [5, 5.41) is -0.0950. The molecule has 0 unspecified atom stereocenters. The Morgan fingerprint density at radius 3 is 2.54 bits per heavy atom. The van der Waals surface area contributed by atoms with E-state index in [0.29, 0.717) is 29.4 Å². The number of piperidine rings is 1. The van der Waals surface area contributed by atoms with E-state index >= 15 is 0 Å². The Hall–Kier alpha value is -3.30. The summed E-state index contributed by atoms with van der Waals surface area (Å²) in [4.78, 5) is 53.3. The zero-order chi connectivity index (χ0) is 24.9. The van der Waals surface area contributed by atoms with Crippen molar-refractivity contribution >= 4 is 52.5 Å². The number of rotatable bonds is 6. The molecular formula is C25H23ClN2O6S. The van der Waals surface area contributed by atoms with Crippen molar-refractivity contribution in [2.45, 2.75) is 19.3 Å². The first-order valence-electron chi connectivity index (χ1n) is 11.0. The van der Waals surface area contributed by atoms with Crippen LogP contribution in [0.2, 0.25) is 5.02 Å². The summed E-state index contributed by atoms with van der Waals surface area (Å²) in [6, 6.07) is 11.1. The van der Waals surface area contributed by atoms with Crippen molar-refractivity contribution in [1.82, 2.24) is 9.80 Å². The maximum Gasteiger partial charge on any atom is 0.343 e. The van der Waals surface area contributed by atoms with Crippen molar-refractivity contribution in [3.8, 4) is 11.5 Å². The molecule has 35 heavy (non-hydrogen) atoms. The van der Waals surface area contributed by atoms with Gasteiger partial charge in [0.2, 0.25) is 5.91 Å². The topological polar surface area (TPSA) is 93.2 Å². The molecule has 8 nitrogen and oxygen atoms in total. The third kappa shape index (κ3) is 5.86. The molecule has 2 fully saturated rings. The minimum Gasteiger partial charge on any atom is -0.493 e. The summed E-state index contributed by atoms with van der Waals surface area (Å²) in [6.45, 7) is 1.02. The third-order valence-corrected chi connectivity index (χ3v) is 6.77. The van der Waals surface area contributed by atoms with Crippen molar-refractivity contribution in [3.63, 3.8) is 0 Å². The Morgan fingerprint density at radius 1 is 1.06 bits per heavy atom. The molecule has 2 heterocycles. The van der Waals surface area contributed by atoms with E-state index in [1.807, 2.05) is 0 Å². The number of halogens is 1. The summed E-state index contributed by atoms with van der Waals surface area (Å²) in [7, 11) is 1.44. The number of nitrogens with zero attached hydrogens (tertiary/aromatic N) is 2. The Bertz CT molecular complexity index is 1210. The zero-order valence-electron chi connectivity index (χ0n) is 19.0. The molecule has 2 saturated heterocycles. The number of carbonyl (C=O) groups excluding carboxylic acids is 4. The first-order chi connectivity index (χ1) is 16.9. The number of carbonyl (C=O) groups is 4. The van der Waals surface area contributed by atoms with Crippen LogP contribution in [0.4, 0.5) is 4.79 Å². The fourth-order valence-corrected chi connectivity index (χ4v) is 4.83. The summed E-state index contributed by atoms with van der Waals surface area (Å²) in [5.74, 6) is -0.922. The Labute approximate surface area is 211 Å². The monoisotopic (exact) mass is 514 g/mol. The number of methoxy groups -OCH3 is 1. The maximum atomic E-state index is 12.9. The highest BCUT2D eigenvalue weighted by Crippen LogP contribution is 2.35. The van der Waals surface area contributed by atoms with Gasteiger partial charge in [-0.05, 0) is 73.0 Å². The van der Waals surface area contributed by atoms with E-state index in [0.717, 1.165) is 35.9 Å². The number of likely N-dealkylation sites (tertiary alicyclic amines) is 1. The number of ether oxygens (including phenoxy) is 2.